The Balaban J connectivity index is 2.25. The van der Waals surface area contributed by atoms with E-state index in [1.165, 1.54) is 0 Å². The van der Waals surface area contributed by atoms with Crippen LogP contribution < -0.4 is 9.47 Å². The number of pyridine rings is 1. The molecule has 2 aromatic heterocycles. The van der Waals surface area contributed by atoms with Gasteiger partial charge in [0.05, 0.1) is 19.9 Å². The van der Waals surface area contributed by atoms with Crippen LogP contribution in [0.4, 0.5) is 0 Å². The Morgan fingerprint density at radius 3 is 2.55 bits per heavy atom. The third kappa shape index (κ3) is 2.46. The topological polar surface area (TPSA) is 65.0 Å². The third-order valence-electron chi connectivity index (χ3n) is 3.24. The third-order valence-corrected chi connectivity index (χ3v) is 3.51. The summed E-state index contributed by atoms with van der Waals surface area (Å²) >= 11 is 5.37. The van der Waals surface area contributed by atoms with Gasteiger partial charge in [0, 0.05) is 24.0 Å². The maximum atomic E-state index is 5.44. The highest BCUT2D eigenvalue weighted by Crippen LogP contribution is 2.31. The van der Waals surface area contributed by atoms with E-state index in [0.717, 1.165) is 11.3 Å². The standard InChI is InChI=1S/C15H14N4O2S/c1-20-11-3-4-13(21-2)12(9-11)19-14(17-18-15(19)22)10-5-7-16-8-6-10/h3-9H,1-2H3,(H,18,22). The second-order valence-corrected chi connectivity index (χ2v) is 4.85. The maximum Gasteiger partial charge on any atom is 0.200 e. The van der Waals surface area contributed by atoms with Gasteiger partial charge >= 0.3 is 0 Å². The van der Waals surface area contributed by atoms with E-state index >= 15 is 0 Å². The summed E-state index contributed by atoms with van der Waals surface area (Å²) in [6.07, 6.45) is 3.42. The Bertz CT molecular complexity index is 842. The average Bonchev–Trinajstić information content (AvgIpc) is 2.96. The Hall–Kier alpha value is -2.67. The number of methoxy groups -OCH3 is 2. The van der Waals surface area contributed by atoms with Crippen molar-refractivity contribution in [1.82, 2.24) is 19.7 Å². The molecule has 7 heteroatoms. The van der Waals surface area contributed by atoms with Crippen LogP contribution in [0.15, 0.2) is 42.7 Å². The zero-order valence-electron chi connectivity index (χ0n) is 12.1. The molecule has 0 saturated heterocycles. The first-order valence-corrected chi connectivity index (χ1v) is 6.95. The summed E-state index contributed by atoms with van der Waals surface area (Å²) in [5.74, 6) is 2.06. The SMILES string of the molecule is COc1ccc(OC)c(-n2c(-c3ccncc3)n[nH]c2=S)c1. The lowest BCUT2D eigenvalue weighted by atomic mass is 10.2. The number of ether oxygens (including phenoxy) is 2. The Morgan fingerprint density at radius 1 is 1.09 bits per heavy atom. The number of aromatic amines is 1. The summed E-state index contributed by atoms with van der Waals surface area (Å²) in [6, 6.07) is 9.26. The quantitative estimate of drug-likeness (QED) is 0.750. The van der Waals surface area contributed by atoms with Crippen molar-refractivity contribution in [3.05, 3.63) is 47.5 Å². The Morgan fingerprint density at radius 2 is 1.86 bits per heavy atom. The molecule has 6 nitrogen and oxygen atoms in total. The minimum absolute atomic E-state index is 0.471. The first-order valence-electron chi connectivity index (χ1n) is 6.55. The molecule has 0 aliphatic rings. The van der Waals surface area contributed by atoms with Crippen LogP contribution in [0, 0.1) is 4.77 Å². The van der Waals surface area contributed by atoms with Gasteiger partial charge in [-0.15, -0.1) is 0 Å². The molecule has 3 rings (SSSR count). The van der Waals surface area contributed by atoms with Crippen molar-refractivity contribution in [3.63, 3.8) is 0 Å². The predicted octanol–water partition coefficient (Wildman–Crippen LogP) is 3.01. The van der Waals surface area contributed by atoms with E-state index in [0.29, 0.717) is 22.1 Å². The molecule has 22 heavy (non-hydrogen) atoms. The molecule has 0 aliphatic carbocycles. The highest BCUT2D eigenvalue weighted by atomic mass is 32.1. The van der Waals surface area contributed by atoms with Crippen LogP contribution in [0.2, 0.25) is 0 Å². The summed E-state index contributed by atoms with van der Waals surface area (Å²) in [7, 11) is 3.23. The average molecular weight is 314 g/mol. The summed E-state index contributed by atoms with van der Waals surface area (Å²) < 4.78 is 13.0. The minimum Gasteiger partial charge on any atom is -0.497 e. The molecule has 0 radical (unpaired) electrons. The van der Waals surface area contributed by atoms with Gasteiger partial charge in [-0.2, -0.15) is 5.10 Å². The molecule has 1 aromatic carbocycles. The van der Waals surface area contributed by atoms with Gasteiger partial charge in [-0.3, -0.25) is 14.6 Å². The fourth-order valence-electron chi connectivity index (χ4n) is 2.19. The van der Waals surface area contributed by atoms with E-state index in [2.05, 4.69) is 15.2 Å². The van der Waals surface area contributed by atoms with E-state index in [-0.39, 0.29) is 0 Å². The van der Waals surface area contributed by atoms with Crippen LogP contribution >= 0.6 is 12.2 Å². The van der Waals surface area contributed by atoms with Crippen LogP contribution in [-0.2, 0) is 0 Å². The lowest BCUT2D eigenvalue weighted by Gasteiger charge is -2.13. The van der Waals surface area contributed by atoms with Gasteiger partial charge in [-0.1, -0.05) is 0 Å². The van der Waals surface area contributed by atoms with E-state index in [9.17, 15) is 0 Å². The first kappa shape index (κ1) is 14.3. The molecule has 0 saturated carbocycles. The van der Waals surface area contributed by atoms with E-state index in [1.54, 1.807) is 26.6 Å². The molecular weight excluding hydrogens is 300 g/mol. The monoisotopic (exact) mass is 314 g/mol. The van der Waals surface area contributed by atoms with Crippen molar-refractivity contribution < 1.29 is 9.47 Å². The molecule has 0 spiro atoms. The van der Waals surface area contributed by atoms with Gasteiger partial charge in [-0.25, -0.2) is 0 Å². The number of nitrogens with one attached hydrogen (secondary N) is 1. The van der Waals surface area contributed by atoms with Gasteiger partial charge in [0.25, 0.3) is 0 Å². The van der Waals surface area contributed by atoms with Crippen LogP contribution in [-0.4, -0.2) is 34.0 Å². The number of aromatic nitrogens is 4. The number of nitrogens with zero attached hydrogens (tertiary/aromatic N) is 3. The highest BCUT2D eigenvalue weighted by molar-refractivity contribution is 7.71. The number of hydrogen-bond acceptors (Lipinski definition) is 5. The fraction of sp³-hybridized carbons (Fsp3) is 0.133. The summed E-state index contributed by atoms with van der Waals surface area (Å²) in [4.78, 5) is 4.02. The van der Waals surface area contributed by atoms with Crippen LogP contribution in [0.1, 0.15) is 0 Å². The van der Waals surface area contributed by atoms with Crippen LogP contribution in [0.5, 0.6) is 11.5 Å². The van der Waals surface area contributed by atoms with E-state index in [1.807, 2.05) is 34.9 Å². The van der Waals surface area contributed by atoms with Crippen molar-refractivity contribution in [2.24, 2.45) is 0 Å². The predicted molar refractivity (Wildman–Crippen MR) is 85.1 cm³/mol. The lowest BCUT2D eigenvalue weighted by molar-refractivity contribution is 0.401. The number of hydrogen-bond donors (Lipinski definition) is 1. The second kappa shape index (κ2) is 5.98. The normalized spacial score (nSPS) is 10.5. The molecule has 0 amide bonds. The number of H-pyrrole nitrogens is 1. The molecule has 3 aromatic rings. The first-order chi connectivity index (χ1) is 10.7. The van der Waals surface area contributed by atoms with Gasteiger partial charge in [-0.05, 0) is 36.5 Å². The van der Waals surface area contributed by atoms with Gasteiger partial charge in [0.2, 0.25) is 0 Å². The zero-order valence-corrected chi connectivity index (χ0v) is 12.9. The fourth-order valence-corrected chi connectivity index (χ4v) is 2.42. The zero-order chi connectivity index (χ0) is 15.5. The molecule has 0 bridgehead atoms. The van der Waals surface area contributed by atoms with Crippen molar-refractivity contribution in [3.8, 4) is 28.6 Å². The second-order valence-electron chi connectivity index (χ2n) is 4.46. The van der Waals surface area contributed by atoms with E-state index < -0.39 is 0 Å². The molecular formula is C15H14N4O2S. The summed E-state index contributed by atoms with van der Waals surface area (Å²) in [6.45, 7) is 0. The minimum atomic E-state index is 0.471. The molecule has 0 fully saturated rings. The Kier molecular flexibility index (Phi) is 3.88. The van der Waals surface area contributed by atoms with Gasteiger partial charge < -0.3 is 9.47 Å². The largest absolute Gasteiger partial charge is 0.497 e. The van der Waals surface area contributed by atoms with Gasteiger partial charge in [0.15, 0.2) is 10.6 Å². The van der Waals surface area contributed by atoms with Crippen LogP contribution in [0.3, 0.4) is 0 Å². The lowest BCUT2D eigenvalue weighted by Crippen LogP contribution is -2.01. The molecule has 0 aliphatic heterocycles. The highest BCUT2D eigenvalue weighted by Gasteiger charge is 2.15. The maximum absolute atomic E-state index is 5.44. The van der Waals surface area contributed by atoms with Gasteiger partial charge in [0.1, 0.15) is 11.5 Å². The van der Waals surface area contributed by atoms with Crippen molar-refractivity contribution in [2.45, 2.75) is 0 Å². The molecule has 0 unspecified atom stereocenters. The van der Waals surface area contributed by atoms with Crippen molar-refractivity contribution in [1.29, 1.82) is 0 Å². The number of rotatable bonds is 4. The van der Waals surface area contributed by atoms with E-state index in [4.69, 9.17) is 21.7 Å². The Labute approximate surface area is 132 Å². The van der Waals surface area contributed by atoms with Crippen molar-refractivity contribution in [2.75, 3.05) is 14.2 Å². The molecule has 0 atom stereocenters. The molecule has 2 heterocycles. The van der Waals surface area contributed by atoms with Crippen molar-refractivity contribution >= 4 is 12.2 Å². The molecule has 1 N–H and O–H groups in total. The summed E-state index contributed by atoms with van der Waals surface area (Å²) in [5, 5.41) is 7.14. The number of benzene rings is 1. The smallest absolute Gasteiger partial charge is 0.200 e. The molecule has 112 valence electrons. The summed E-state index contributed by atoms with van der Waals surface area (Å²) in [5.41, 5.74) is 1.65. The van der Waals surface area contributed by atoms with Crippen LogP contribution in [0.25, 0.3) is 17.1 Å².